The van der Waals surface area contributed by atoms with Gasteiger partial charge in [-0.3, -0.25) is 4.90 Å². The van der Waals surface area contributed by atoms with Crippen LogP contribution in [-0.2, 0) is 0 Å². The maximum atomic E-state index is 9.93. The molecular formula is C14H28N2O. The van der Waals surface area contributed by atoms with E-state index < -0.39 is 0 Å². The van der Waals surface area contributed by atoms with Crippen molar-refractivity contribution >= 4 is 0 Å². The van der Waals surface area contributed by atoms with E-state index in [0.717, 1.165) is 25.8 Å². The molecule has 2 atom stereocenters. The fourth-order valence-electron chi connectivity index (χ4n) is 3.42. The van der Waals surface area contributed by atoms with E-state index in [0.29, 0.717) is 11.5 Å². The Balaban J connectivity index is 2.02. The van der Waals surface area contributed by atoms with Crippen LogP contribution >= 0.6 is 0 Å². The number of hydrogen-bond acceptors (Lipinski definition) is 3. The number of rotatable bonds is 1. The van der Waals surface area contributed by atoms with E-state index >= 15 is 0 Å². The average molecular weight is 240 g/mol. The van der Waals surface area contributed by atoms with Crippen molar-refractivity contribution in [3.63, 3.8) is 0 Å². The minimum atomic E-state index is -0.0750. The summed E-state index contributed by atoms with van der Waals surface area (Å²) in [6.45, 7) is 9.49. The third kappa shape index (κ3) is 3.21. The van der Waals surface area contributed by atoms with Gasteiger partial charge in [-0.25, -0.2) is 0 Å². The molecule has 3 heteroatoms. The molecular weight excluding hydrogens is 212 g/mol. The lowest BCUT2D eigenvalue weighted by Gasteiger charge is -2.46. The summed E-state index contributed by atoms with van der Waals surface area (Å²) in [7, 11) is 2.21. The highest BCUT2D eigenvalue weighted by atomic mass is 16.3. The van der Waals surface area contributed by atoms with E-state index in [4.69, 9.17) is 0 Å². The van der Waals surface area contributed by atoms with Crippen LogP contribution in [0.2, 0.25) is 0 Å². The Morgan fingerprint density at radius 3 is 2.65 bits per heavy atom. The van der Waals surface area contributed by atoms with E-state index in [1.54, 1.807) is 0 Å². The predicted molar refractivity (Wildman–Crippen MR) is 71.1 cm³/mol. The van der Waals surface area contributed by atoms with Gasteiger partial charge in [0, 0.05) is 19.1 Å². The second kappa shape index (κ2) is 5.25. The molecule has 2 fully saturated rings. The average Bonchev–Trinajstić information content (AvgIpc) is 2.47. The topological polar surface area (TPSA) is 26.7 Å². The van der Waals surface area contributed by atoms with Crippen molar-refractivity contribution in [3.8, 4) is 0 Å². The highest BCUT2D eigenvalue weighted by Gasteiger charge is 2.39. The summed E-state index contributed by atoms with van der Waals surface area (Å²) in [4.78, 5) is 5.05. The van der Waals surface area contributed by atoms with Crippen LogP contribution in [0.15, 0.2) is 0 Å². The van der Waals surface area contributed by atoms with Crippen molar-refractivity contribution in [1.82, 2.24) is 9.80 Å². The Bertz CT molecular complexity index is 255. The second-order valence-corrected chi connectivity index (χ2v) is 6.63. The first-order valence-electron chi connectivity index (χ1n) is 7.10. The van der Waals surface area contributed by atoms with Gasteiger partial charge in [-0.15, -0.1) is 0 Å². The molecule has 3 nitrogen and oxygen atoms in total. The van der Waals surface area contributed by atoms with Gasteiger partial charge in [-0.05, 0) is 51.2 Å². The number of aliphatic hydroxyl groups excluding tert-OH is 1. The molecule has 0 aromatic rings. The standard InChI is InChI=1S/C14H28N2O/c1-14(2)6-5-12(17)11-13(14)16-8-4-7-15(3)9-10-16/h12-13,17H,4-11H2,1-3H3. The van der Waals surface area contributed by atoms with E-state index in [-0.39, 0.29) is 6.10 Å². The zero-order valence-electron chi connectivity index (χ0n) is 11.7. The molecule has 2 rings (SSSR count). The van der Waals surface area contributed by atoms with Crippen LogP contribution in [0.4, 0.5) is 0 Å². The Kier molecular flexibility index (Phi) is 4.11. The van der Waals surface area contributed by atoms with Crippen LogP contribution in [0.1, 0.15) is 39.5 Å². The fraction of sp³-hybridized carbons (Fsp3) is 1.00. The summed E-state index contributed by atoms with van der Waals surface area (Å²) in [6.07, 6.45) is 4.30. The Morgan fingerprint density at radius 1 is 1.12 bits per heavy atom. The third-order valence-corrected chi connectivity index (χ3v) is 4.71. The summed E-state index contributed by atoms with van der Waals surface area (Å²) < 4.78 is 0. The lowest BCUT2D eigenvalue weighted by atomic mass is 9.71. The number of hydrogen-bond donors (Lipinski definition) is 1. The van der Waals surface area contributed by atoms with Gasteiger partial charge < -0.3 is 10.0 Å². The summed E-state index contributed by atoms with van der Waals surface area (Å²) >= 11 is 0. The van der Waals surface area contributed by atoms with Gasteiger partial charge in [0.2, 0.25) is 0 Å². The van der Waals surface area contributed by atoms with Gasteiger partial charge in [0.25, 0.3) is 0 Å². The van der Waals surface area contributed by atoms with Crippen molar-refractivity contribution in [2.75, 3.05) is 33.2 Å². The third-order valence-electron chi connectivity index (χ3n) is 4.71. The minimum absolute atomic E-state index is 0.0750. The van der Waals surface area contributed by atoms with Crippen molar-refractivity contribution in [3.05, 3.63) is 0 Å². The molecule has 1 heterocycles. The van der Waals surface area contributed by atoms with E-state index in [9.17, 15) is 5.11 Å². The highest BCUT2D eigenvalue weighted by Crippen LogP contribution is 2.39. The molecule has 17 heavy (non-hydrogen) atoms. The second-order valence-electron chi connectivity index (χ2n) is 6.63. The van der Waals surface area contributed by atoms with E-state index in [2.05, 4.69) is 30.7 Å². The summed E-state index contributed by atoms with van der Waals surface area (Å²) in [5, 5.41) is 9.93. The molecule has 1 aliphatic carbocycles. The predicted octanol–water partition coefficient (Wildman–Crippen LogP) is 1.56. The maximum Gasteiger partial charge on any atom is 0.0555 e. The van der Waals surface area contributed by atoms with Gasteiger partial charge in [-0.1, -0.05) is 13.8 Å². The number of nitrogens with zero attached hydrogens (tertiary/aromatic N) is 2. The Labute approximate surface area is 106 Å². The smallest absolute Gasteiger partial charge is 0.0555 e. The molecule has 0 amide bonds. The Morgan fingerprint density at radius 2 is 1.88 bits per heavy atom. The molecule has 0 radical (unpaired) electrons. The monoisotopic (exact) mass is 240 g/mol. The minimum Gasteiger partial charge on any atom is -0.393 e. The maximum absolute atomic E-state index is 9.93. The van der Waals surface area contributed by atoms with E-state index in [1.165, 1.54) is 26.1 Å². The quantitative estimate of drug-likeness (QED) is 0.753. The highest BCUT2D eigenvalue weighted by molar-refractivity contribution is 4.93. The molecule has 2 unspecified atom stereocenters. The van der Waals surface area contributed by atoms with Crippen molar-refractivity contribution < 1.29 is 5.11 Å². The lowest BCUT2D eigenvalue weighted by molar-refractivity contribution is -0.00973. The summed E-state index contributed by atoms with van der Waals surface area (Å²) in [6, 6.07) is 0.567. The van der Waals surface area contributed by atoms with Gasteiger partial charge in [-0.2, -0.15) is 0 Å². The molecule has 2 aliphatic rings. The lowest BCUT2D eigenvalue weighted by Crippen LogP contribution is -2.51. The van der Waals surface area contributed by atoms with Crippen molar-refractivity contribution in [1.29, 1.82) is 0 Å². The molecule has 0 spiro atoms. The van der Waals surface area contributed by atoms with Gasteiger partial charge in [0.1, 0.15) is 0 Å². The normalized spacial score (nSPS) is 36.7. The van der Waals surface area contributed by atoms with E-state index in [1.807, 2.05) is 0 Å². The molecule has 0 aromatic carbocycles. The van der Waals surface area contributed by atoms with Gasteiger partial charge in [0.15, 0.2) is 0 Å². The van der Waals surface area contributed by atoms with Crippen molar-refractivity contribution in [2.24, 2.45) is 5.41 Å². The fourth-order valence-corrected chi connectivity index (χ4v) is 3.42. The first-order chi connectivity index (χ1) is 7.99. The molecule has 1 N–H and O–H groups in total. The number of aliphatic hydroxyl groups is 1. The van der Waals surface area contributed by atoms with Gasteiger partial charge >= 0.3 is 0 Å². The van der Waals surface area contributed by atoms with Crippen LogP contribution in [0.5, 0.6) is 0 Å². The molecule has 0 bridgehead atoms. The van der Waals surface area contributed by atoms with Crippen LogP contribution < -0.4 is 0 Å². The summed E-state index contributed by atoms with van der Waals surface area (Å²) in [5.41, 5.74) is 0.363. The summed E-state index contributed by atoms with van der Waals surface area (Å²) in [5.74, 6) is 0. The SMILES string of the molecule is CN1CCCN(C2CC(O)CCC2(C)C)CC1. The van der Waals surface area contributed by atoms with Gasteiger partial charge in [0.05, 0.1) is 6.10 Å². The van der Waals surface area contributed by atoms with Crippen LogP contribution in [0, 0.1) is 5.41 Å². The molecule has 0 aromatic heterocycles. The molecule has 100 valence electrons. The Hall–Kier alpha value is -0.120. The van der Waals surface area contributed by atoms with Crippen LogP contribution in [-0.4, -0.2) is 60.3 Å². The first kappa shape index (κ1) is 13.3. The van der Waals surface area contributed by atoms with Crippen LogP contribution in [0.3, 0.4) is 0 Å². The zero-order valence-corrected chi connectivity index (χ0v) is 11.7. The number of likely N-dealkylation sites (N-methyl/N-ethyl adjacent to an activating group) is 1. The zero-order chi connectivity index (χ0) is 12.5. The molecule has 1 saturated carbocycles. The molecule has 1 saturated heterocycles. The first-order valence-corrected chi connectivity index (χ1v) is 7.10. The van der Waals surface area contributed by atoms with Crippen LogP contribution in [0.25, 0.3) is 0 Å². The largest absolute Gasteiger partial charge is 0.393 e. The molecule has 1 aliphatic heterocycles. The van der Waals surface area contributed by atoms with Crippen molar-refractivity contribution in [2.45, 2.75) is 51.7 Å².